The Morgan fingerprint density at radius 3 is 2.61 bits per heavy atom. The van der Waals surface area contributed by atoms with E-state index in [1.807, 2.05) is 0 Å². The van der Waals surface area contributed by atoms with Crippen LogP contribution in [0.1, 0.15) is 16.1 Å². The van der Waals surface area contributed by atoms with Crippen LogP contribution in [0.5, 0.6) is 5.75 Å². The smallest absolute Gasteiger partial charge is 0.433 e. The molecule has 0 aliphatic carbocycles. The molecule has 0 spiro atoms. The zero-order chi connectivity index (χ0) is 23.3. The highest BCUT2D eigenvalue weighted by atomic mass is 19.4. The molecule has 1 aromatic heterocycles. The molecule has 6 N–H and O–H groups in total. The van der Waals surface area contributed by atoms with E-state index in [1.54, 1.807) is 0 Å². The van der Waals surface area contributed by atoms with Gasteiger partial charge < -0.3 is 30.6 Å². The van der Waals surface area contributed by atoms with Gasteiger partial charge in [-0.2, -0.15) is 13.2 Å². The lowest BCUT2D eigenvalue weighted by atomic mass is 10.1. The molecule has 0 fully saturated rings. The standard InChI is InChI=1S/C19H21F3N4O5/c1-9-15(18(29)26-13(7-27)17(24)28)12-5-11(3-4-14(12)31-9)30-8-10(6-25-2)16(23)19(20,21)22/h3-6,13,23,25,27H,7-8H2,1-2H3,(H2,24,28)(H,26,29)/b10-6-,23-16?/t13-/m0/s1. The van der Waals surface area contributed by atoms with E-state index < -0.39 is 48.5 Å². The van der Waals surface area contributed by atoms with Gasteiger partial charge in [-0.25, -0.2) is 0 Å². The third-order valence-electron chi connectivity index (χ3n) is 4.21. The first-order chi connectivity index (χ1) is 14.5. The number of ether oxygens (including phenoxy) is 1. The fourth-order valence-corrected chi connectivity index (χ4v) is 2.71. The molecule has 0 radical (unpaired) electrons. The molecule has 0 aliphatic heterocycles. The Labute approximate surface area is 174 Å². The molecule has 1 atom stereocenters. The lowest BCUT2D eigenvalue weighted by Crippen LogP contribution is -2.46. The number of aryl methyl sites for hydroxylation is 1. The van der Waals surface area contributed by atoms with Gasteiger partial charge in [0.25, 0.3) is 5.91 Å². The summed E-state index contributed by atoms with van der Waals surface area (Å²) in [6.07, 6.45) is -3.83. The molecule has 0 saturated heterocycles. The summed E-state index contributed by atoms with van der Waals surface area (Å²) in [6, 6.07) is 2.97. The number of aliphatic hydroxyl groups is 1. The Morgan fingerprint density at radius 1 is 1.39 bits per heavy atom. The van der Waals surface area contributed by atoms with E-state index in [0.29, 0.717) is 5.58 Å². The number of primary amides is 1. The Hall–Kier alpha value is -3.54. The van der Waals surface area contributed by atoms with Gasteiger partial charge in [0, 0.05) is 24.2 Å². The maximum atomic E-state index is 12.8. The van der Waals surface area contributed by atoms with Crippen molar-refractivity contribution in [1.29, 1.82) is 5.41 Å². The van der Waals surface area contributed by atoms with Gasteiger partial charge in [0.2, 0.25) is 5.91 Å². The number of halogens is 3. The number of aliphatic hydroxyl groups excluding tert-OH is 1. The average Bonchev–Trinajstić information content (AvgIpc) is 3.02. The number of furan rings is 1. The van der Waals surface area contributed by atoms with Gasteiger partial charge in [-0.05, 0) is 25.1 Å². The number of rotatable bonds is 9. The molecule has 2 aromatic rings. The van der Waals surface area contributed by atoms with Crippen LogP contribution in [0.3, 0.4) is 0 Å². The first kappa shape index (κ1) is 23.7. The van der Waals surface area contributed by atoms with Gasteiger partial charge in [-0.15, -0.1) is 0 Å². The predicted molar refractivity (Wildman–Crippen MR) is 105 cm³/mol. The highest BCUT2D eigenvalue weighted by Gasteiger charge is 2.36. The molecular formula is C19H21F3N4O5. The molecule has 31 heavy (non-hydrogen) atoms. The number of fused-ring (bicyclic) bond motifs is 1. The minimum absolute atomic E-state index is 0.0502. The van der Waals surface area contributed by atoms with E-state index in [1.165, 1.54) is 32.2 Å². The lowest BCUT2D eigenvalue weighted by Gasteiger charge is -2.14. The highest BCUT2D eigenvalue weighted by molar-refractivity contribution is 6.08. The number of nitrogens with one attached hydrogen (secondary N) is 3. The summed E-state index contributed by atoms with van der Waals surface area (Å²) in [7, 11) is 1.39. The molecule has 2 amide bonds. The van der Waals surface area contributed by atoms with Gasteiger partial charge >= 0.3 is 6.18 Å². The summed E-state index contributed by atoms with van der Waals surface area (Å²) >= 11 is 0. The quantitative estimate of drug-likeness (QED) is 0.370. The predicted octanol–water partition coefficient (Wildman–Crippen LogP) is 1.38. The molecule has 0 unspecified atom stereocenters. The van der Waals surface area contributed by atoms with Crippen molar-refractivity contribution in [3.8, 4) is 5.75 Å². The molecule has 0 bridgehead atoms. The summed E-state index contributed by atoms with van der Waals surface area (Å²) in [4.78, 5) is 23.8. The van der Waals surface area contributed by atoms with Crippen molar-refractivity contribution in [2.45, 2.75) is 19.1 Å². The SMILES string of the molecule is CN/C=C(/COc1ccc2oc(C)c(C(=O)N[C@@H](CO)C(N)=O)c2c1)C(=N)C(F)(F)F. The van der Waals surface area contributed by atoms with Crippen LogP contribution in [0.15, 0.2) is 34.4 Å². The van der Waals surface area contributed by atoms with Gasteiger partial charge in [0.05, 0.1) is 12.2 Å². The number of carbonyl (C=O) groups excluding carboxylic acids is 2. The van der Waals surface area contributed by atoms with Crippen molar-refractivity contribution >= 4 is 28.5 Å². The topological polar surface area (TPSA) is 151 Å². The molecule has 168 valence electrons. The number of amides is 2. The molecule has 2 rings (SSSR count). The molecule has 1 aromatic carbocycles. The van der Waals surface area contributed by atoms with E-state index in [0.717, 1.165) is 6.20 Å². The largest absolute Gasteiger partial charge is 0.489 e. The normalized spacial score (nSPS) is 13.0. The number of hydrogen-bond donors (Lipinski definition) is 5. The molecule has 9 nitrogen and oxygen atoms in total. The third-order valence-corrected chi connectivity index (χ3v) is 4.21. The third kappa shape index (κ3) is 5.54. The Bertz CT molecular complexity index is 1030. The summed E-state index contributed by atoms with van der Waals surface area (Å²) < 4.78 is 49.4. The molecule has 12 heteroatoms. The van der Waals surface area contributed by atoms with Crippen LogP contribution in [0.2, 0.25) is 0 Å². The number of alkyl halides is 3. The zero-order valence-corrected chi connectivity index (χ0v) is 16.6. The summed E-state index contributed by atoms with van der Waals surface area (Å²) in [5, 5.41) is 21.4. The van der Waals surface area contributed by atoms with Crippen molar-refractivity contribution in [3.05, 3.63) is 41.3 Å². The maximum absolute atomic E-state index is 12.8. The van der Waals surface area contributed by atoms with Crippen LogP contribution in [0.4, 0.5) is 13.2 Å². The Balaban J connectivity index is 2.31. The molecule has 1 heterocycles. The average molecular weight is 442 g/mol. The number of hydrogen-bond acceptors (Lipinski definition) is 7. The lowest BCUT2D eigenvalue weighted by molar-refractivity contribution is -0.120. The highest BCUT2D eigenvalue weighted by Crippen LogP contribution is 2.30. The Kier molecular flexibility index (Phi) is 7.28. The van der Waals surface area contributed by atoms with E-state index >= 15 is 0 Å². The van der Waals surface area contributed by atoms with Crippen molar-refractivity contribution < 1.29 is 37.0 Å². The number of benzene rings is 1. The summed E-state index contributed by atoms with van der Waals surface area (Å²) in [5.41, 5.74) is 3.47. The van der Waals surface area contributed by atoms with Crippen LogP contribution in [-0.4, -0.2) is 55.1 Å². The van der Waals surface area contributed by atoms with Crippen LogP contribution >= 0.6 is 0 Å². The second kappa shape index (κ2) is 9.51. The number of carbonyl (C=O) groups is 2. The monoisotopic (exact) mass is 442 g/mol. The van der Waals surface area contributed by atoms with Gasteiger partial charge in [0.1, 0.15) is 35.5 Å². The minimum atomic E-state index is -4.84. The van der Waals surface area contributed by atoms with Crippen LogP contribution in [0.25, 0.3) is 11.0 Å². The van der Waals surface area contributed by atoms with E-state index in [4.69, 9.17) is 20.3 Å². The van der Waals surface area contributed by atoms with Crippen molar-refractivity contribution in [2.75, 3.05) is 20.3 Å². The van der Waals surface area contributed by atoms with Crippen LogP contribution in [-0.2, 0) is 4.79 Å². The van der Waals surface area contributed by atoms with Gasteiger partial charge in [0.15, 0.2) is 0 Å². The molecule has 0 saturated carbocycles. The maximum Gasteiger partial charge on any atom is 0.433 e. The molecular weight excluding hydrogens is 421 g/mol. The summed E-state index contributed by atoms with van der Waals surface area (Å²) in [6.45, 7) is 0.249. The van der Waals surface area contributed by atoms with Gasteiger partial charge in [-0.3, -0.25) is 15.0 Å². The second-order valence-corrected chi connectivity index (χ2v) is 6.42. The zero-order valence-electron chi connectivity index (χ0n) is 16.6. The van der Waals surface area contributed by atoms with Crippen molar-refractivity contribution in [2.24, 2.45) is 5.73 Å². The Morgan fingerprint density at radius 2 is 2.06 bits per heavy atom. The minimum Gasteiger partial charge on any atom is -0.489 e. The molecule has 0 aliphatic rings. The van der Waals surface area contributed by atoms with E-state index in [-0.39, 0.29) is 22.5 Å². The van der Waals surface area contributed by atoms with E-state index in [9.17, 15) is 27.9 Å². The first-order valence-electron chi connectivity index (χ1n) is 8.89. The second-order valence-electron chi connectivity index (χ2n) is 6.42. The summed E-state index contributed by atoms with van der Waals surface area (Å²) in [5.74, 6) is -1.34. The van der Waals surface area contributed by atoms with Crippen LogP contribution in [0, 0.1) is 12.3 Å². The first-order valence-corrected chi connectivity index (χ1v) is 8.89. The van der Waals surface area contributed by atoms with Crippen molar-refractivity contribution in [3.63, 3.8) is 0 Å². The van der Waals surface area contributed by atoms with E-state index in [2.05, 4.69) is 10.6 Å². The fraction of sp³-hybridized carbons (Fsp3) is 0.316. The van der Waals surface area contributed by atoms with Gasteiger partial charge in [-0.1, -0.05) is 0 Å². The van der Waals surface area contributed by atoms with Crippen molar-refractivity contribution in [1.82, 2.24) is 10.6 Å². The number of nitrogens with two attached hydrogens (primary N) is 1. The fourth-order valence-electron chi connectivity index (χ4n) is 2.71. The van der Waals surface area contributed by atoms with Crippen LogP contribution < -0.4 is 21.1 Å².